The molecule has 11 N–H and O–H groups in total. The summed E-state index contributed by atoms with van der Waals surface area (Å²) in [5.74, 6) is 0. The fourth-order valence-electron chi connectivity index (χ4n) is 3.58. The first-order valence-electron chi connectivity index (χ1n) is 10.4. The zero-order chi connectivity index (χ0) is 25.7. The van der Waals surface area contributed by atoms with Crippen molar-refractivity contribution in [1.82, 2.24) is 0 Å². The third kappa shape index (κ3) is 6.25. The van der Waals surface area contributed by atoms with Crippen molar-refractivity contribution in [2.45, 2.75) is 85.8 Å². The number of carbonyl (C=O) groups excluding carboxylic acids is 1. The van der Waals surface area contributed by atoms with Crippen molar-refractivity contribution in [3.05, 3.63) is 0 Å². The van der Waals surface area contributed by atoms with Gasteiger partial charge in [-0.25, -0.2) is 0 Å². The molecule has 0 unspecified atom stereocenters. The van der Waals surface area contributed by atoms with Crippen molar-refractivity contribution in [2.75, 3.05) is 19.8 Å². The Morgan fingerprint density at radius 2 is 1.32 bits per heavy atom. The minimum Gasteiger partial charge on any atom is -0.394 e. The molecule has 200 valence electrons. The van der Waals surface area contributed by atoms with Gasteiger partial charge in [-0.3, -0.25) is 0 Å². The van der Waals surface area contributed by atoms with Gasteiger partial charge in [0.1, 0.15) is 73.2 Å². The summed E-state index contributed by atoms with van der Waals surface area (Å²) in [4.78, 5) is 11.0. The largest absolute Gasteiger partial charge is 0.394 e. The highest BCUT2D eigenvalue weighted by atomic mass is 16.7. The molecule has 0 aromatic heterocycles. The third-order valence-corrected chi connectivity index (χ3v) is 5.65. The summed E-state index contributed by atoms with van der Waals surface area (Å²) in [5.41, 5.74) is 0. The predicted molar refractivity (Wildman–Crippen MR) is 102 cm³/mol. The van der Waals surface area contributed by atoms with Gasteiger partial charge in [0.25, 0.3) is 0 Å². The van der Waals surface area contributed by atoms with Crippen LogP contribution in [0.2, 0.25) is 0 Å². The predicted octanol–water partition coefficient (Wildman–Crippen LogP) is -7.73. The molecule has 14 atom stereocenters. The van der Waals surface area contributed by atoms with Crippen molar-refractivity contribution >= 4 is 6.29 Å². The molecule has 0 aliphatic carbocycles. The van der Waals surface area contributed by atoms with Gasteiger partial charge in [0.15, 0.2) is 18.9 Å². The molecule has 0 saturated carbocycles. The minimum absolute atomic E-state index is 0.0620. The van der Waals surface area contributed by atoms with Gasteiger partial charge in [0.05, 0.1) is 19.8 Å². The lowest BCUT2D eigenvalue weighted by atomic mass is 9.96. The van der Waals surface area contributed by atoms with Crippen LogP contribution in [0, 0.1) is 0 Å². The van der Waals surface area contributed by atoms with E-state index < -0.39 is 106 Å². The quantitative estimate of drug-likeness (QED) is 0.117. The van der Waals surface area contributed by atoms with E-state index in [1.165, 1.54) is 0 Å². The molecule has 0 radical (unpaired) electrons. The Labute approximate surface area is 192 Å². The van der Waals surface area contributed by atoms with Gasteiger partial charge in [0, 0.05) is 0 Å². The van der Waals surface area contributed by atoms with Gasteiger partial charge in [-0.15, -0.1) is 0 Å². The van der Waals surface area contributed by atoms with E-state index in [9.17, 15) is 55.9 Å². The fourth-order valence-corrected chi connectivity index (χ4v) is 3.58. The van der Waals surface area contributed by atoms with Gasteiger partial charge in [0.2, 0.25) is 0 Å². The first-order chi connectivity index (χ1) is 16.0. The average Bonchev–Trinajstić information content (AvgIpc) is 2.84. The van der Waals surface area contributed by atoms with E-state index in [4.69, 9.17) is 24.1 Å². The van der Waals surface area contributed by atoms with Crippen LogP contribution in [0.5, 0.6) is 0 Å². The highest BCUT2D eigenvalue weighted by Gasteiger charge is 2.52. The number of aliphatic hydroxyl groups excluding tert-OH is 11. The van der Waals surface area contributed by atoms with Crippen LogP contribution in [0.3, 0.4) is 0 Å². The lowest BCUT2D eigenvalue weighted by molar-refractivity contribution is -0.368. The molecule has 16 nitrogen and oxygen atoms in total. The summed E-state index contributed by atoms with van der Waals surface area (Å²) >= 11 is 0. The van der Waals surface area contributed by atoms with Crippen LogP contribution in [0.1, 0.15) is 0 Å². The molecule has 0 aromatic carbocycles. The van der Waals surface area contributed by atoms with Crippen molar-refractivity contribution in [1.29, 1.82) is 0 Å². The van der Waals surface area contributed by atoms with Crippen LogP contribution in [-0.2, 0) is 23.7 Å². The molecule has 2 rings (SSSR count). The number of carbonyl (C=O) groups is 1. The summed E-state index contributed by atoms with van der Waals surface area (Å²) < 4.78 is 21.0. The minimum atomic E-state index is -2.07. The van der Waals surface area contributed by atoms with E-state index in [0.717, 1.165) is 0 Å². The summed E-state index contributed by atoms with van der Waals surface area (Å²) in [6.45, 7) is -2.64. The molecular formula is C18H32O16. The Balaban J connectivity index is 2.25. The molecule has 16 heteroatoms. The first kappa shape index (κ1) is 29.3. The molecule has 2 fully saturated rings. The normalized spacial score (nSPS) is 42.6. The van der Waals surface area contributed by atoms with Crippen molar-refractivity contribution in [3.8, 4) is 0 Å². The Bertz CT molecular complexity index is 623. The first-order valence-corrected chi connectivity index (χ1v) is 10.4. The summed E-state index contributed by atoms with van der Waals surface area (Å²) in [6.07, 6.45) is -25.7. The van der Waals surface area contributed by atoms with Gasteiger partial charge in [-0.2, -0.15) is 0 Å². The lowest BCUT2D eigenvalue weighted by Gasteiger charge is -2.46. The SMILES string of the molecule is O=C[C@H](O)[C@@H](O[C@H]1O[C@@H](CO)[C@H](O)[C@@H](O[C@@H]2O[C@H](CO)[C@@H](O)[C@H](O)[C@@H]2O)[C@@H]1O)[C@H](O)[C@H](O)CO. The monoisotopic (exact) mass is 504 g/mol. The number of aliphatic hydroxyl groups is 11. The van der Waals surface area contributed by atoms with Crippen LogP contribution < -0.4 is 0 Å². The zero-order valence-electron chi connectivity index (χ0n) is 17.7. The Kier molecular flexibility index (Phi) is 11.1. The standard InChI is InChI=1S/C18H32O16/c19-1-5(23)9(25)15(6(24)2-20)33-18-14(30)16(11(27)8(4-22)32-18)34-17-13(29)12(28)10(26)7(3-21)31-17/h2,5-19,21-30H,1,3-4H2/t5-,6+,7-,8+,9-,10-,11+,12+,13+,14+,15-,16-,17+,18-/m1/s1. The topological polar surface area (TPSA) is 277 Å². The van der Waals surface area contributed by atoms with Crippen LogP contribution in [0.4, 0.5) is 0 Å². The van der Waals surface area contributed by atoms with Crippen LogP contribution in [-0.4, -0.2) is 168 Å². The maximum absolute atomic E-state index is 11.0. The number of aldehydes is 1. The third-order valence-electron chi connectivity index (χ3n) is 5.65. The second-order valence-electron chi connectivity index (χ2n) is 7.97. The van der Waals surface area contributed by atoms with E-state index in [2.05, 4.69) is 0 Å². The molecule has 2 saturated heterocycles. The summed E-state index contributed by atoms with van der Waals surface area (Å²) in [6, 6.07) is 0. The van der Waals surface area contributed by atoms with Gasteiger partial charge in [-0.05, 0) is 0 Å². The Morgan fingerprint density at radius 1 is 0.765 bits per heavy atom. The fraction of sp³-hybridized carbons (Fsp3) is 0.944. The van der Waals surface area contributed by atoms with Gasteiger partial charge in [-0.1, -0.05) is 0 Å². The van der Waals surface area contributed by atoms with E-state index >= 15 is 0 Å². The highest BCUT2D eigenvalue weighted by Crippen LogP contribution is 2.30. The molecule has 0 spiro atoms. The molecular weight excluding hydrogens is 472 g/mol. The number of rotatable bonds is 11. The molecule has 2 aliphatic rings. The van der Waals surface area contributed by atoms with Crippen molar-refractivity contribution < 1.29 is 79.9 Å². The van der Waals surface area contributed by atoms with Crippen LogP contribution >= 0.6 is 0 Å². The maximum Gasteiger partial charge on any atom is 0.187 e. The van der Waals surface area contributed by atoms with Crippen LogP contribution in [0.15, 0.2) is 0 Å². The van der Waals surface area contributed by atoms with E-state index in [1.807, 2.05) is 0 Å². The number of hydrogen-bond acceptors (Lipinski definition) is 16. The molecule has 2 aliphatic heterocycles. The van der Waals surface area contributed by atoms with Crippen molar-refractivity contribution in [3.63, 3.8) is 0 Å². The molecule has 0 amide bonds. The second kappa shape index (κ2) is 12.9. The molecule has 0 aromatic rings. The van der Waals surface area contributed by atoms with Crippen LogP contribution in [0.25, 0.3) is 0 Å². The average molecular weight is 504 g/mol. The second-order valence-corrected chi connectivity index (χ2v) is 7.97. The highest BCUT2D eigenvalue weighted by molar-refractivity contribution is 5.56. The van der Waals surface area contributed by atoms with Crippen molar-refractivity contribution in [2.24, 2.45) is 0 Å². The summed E-state index contributed by atoms with van der Waals surface area (Å²) in [5, 5.41) is 108. The van der Waals surface area contributed by atoms with Gasteiger partial charge >= 0.3 is 0 Å². The van der Waals surface area contributed by atoms with E-state index in [1.54, 1.807) is 0 Å². The molecule has 34 heavy (non-hydrogen) atoms. The Hall–Kier alpha value is -0.930. The maximum atomic E-state index is 11.0. The summed E-state index contributed by atoms with van der Waals surface area (Å²) in [7, 11) is 0. The Morgan fingerprint density at radius 3 is 1.85 bits per heavy atom. The molecule has 0 bridgehead atoms. The van der Waals surface area contributed by atoms with E-state index in [-0.39, 0.29) is 6.29 Å². The number of ether oxygens (including phenoxy) is 4. The zero-order valence-corrected chi connectivity index (χ0v) is 17.7. The smallest absolute Gasteiger partial charge is 0.187 e. The molecule has 2 heterocycles. The number of hydrogen-bond donors (Lipinski definition) is 11. The van der Waals surface area contributed by atoms with Gasteiger partial charge < -0.3 is 79.9 Å². The lowest BCUT2D eigenvalue weighted by Crippen LogP contribution is -2.65. The van der Waals surface area contributed by atoms with E-state index in [0.29, 0.717) is 0 Å².